The molecule has 0 atom stereocenters. The number of benzene rings is 3. The zero-order valence-corrected chi connectivity index (χ0v) is 15.7. The van der Waals surface area contributed by atoms with Gasteiger partial charge in [-0.2, -0.15) is 0 Å². The standard InChI is InChI=1S/C23H23N3O2/c1-2-9-22(27)25-18-12-8-13-19(16-18)26-23(28)20-14-6-7-15-21(20)24-17-10-4-3-5-11-17/h3-8,10-16,24H,2,9H2,1H3,(H,25,27)(H,26,28). The van der Waals surface area contributed by atoms with Crippen LogP contribution in [0, 0.1) is 0 Å². The molecule has 0 bridgehead atoms. The van der Waals surface area contributed by atoms with Gasteiger partial charge in [-0.15, -0.1) is 0 Å². The Balaban J connectivity index is 1.74. The highest BCUT2D eigenvalue weighted by atomic mass is 16.2. The Bertz CT molecular complexity index is 955. The van der Waals surface area contributed by atoms with Crippen molar-refractivity contribution in [1.82, 2.24) is 0 Å². The van der Waals surface area contributed by atoms with Crippen LogP contribution in [0.1, 0.15) is 30.1 Å². The first-order valence-corrected chi connectivity index (χ1v) is 9.28. The van der Waals surface area contributed by atoms with Gasteiger partial charge in [0, 0.05) is 23.5 Å². The average molecular weight is 373 g/mol. The largest absolute Gasteiger partial charge is 0.355 e. The van der Waals surface area contributed by atoms with Gasteiger partial charge >= 0.3 is 0 Å². The minimum atomic E-state index is -0.226. The van der Waals surface area contributed by atoms with Crippen molar-refractivity contribution in [3.63, 3.8) is 0 Å². The summed E-state index contributed by atoms with van der Waals surface area (Å²) in [5.41, 5.74) is 3.44. The predicted molar refractivity (Wildman–Crippen MR) is 114 cm³/mol. The van der Waals surface area contributed by atoms with E-state index in [-0.39, 0.29) is 11.8 Å². The summed E-state index contributed by atoms with van der Waals surface area (Å²) in [4.78, 5) is 24.6. The Morgan fingerprint density at radius 2 is 1.39 bits per heavy atom. The predicted octanol–water partition coefficient (Wildman–Crippen LogP) is 5.42. The van der Waals surface area contributed by atoms with Crippen LogP contribution in [0.2, 0.25) is 0 Å². The van der Waals surface area contributed by atoms with Crippen molar-refractivity contribution in [3.05, 3.63) is 84.4 Å². The first kappa shape index (κ1) is 19.2. The minimum Gasteiger partial charge on any atom is -0.355 e. The summed E-state index contributed by atoms with van der Waals surface area (Å²) >= 11 is 0. The van der Waals surface area contributed by atoms with Gasteiger partial charge in [0.1, 0.15) is 0 Å². The van der Waals surface area contributed by atoms with Gasteiger partial charge in [-0.25, -0.2) is 0 Å². The zero-order chi connectivity index (χ0) is 19.8. The second kappa shape index (κ2) is 9.37. The average Bonchev–Trinajstić information content (AvgIpc) is 2.69. The summed E-state index contributed by atoms with van der Waals surface area (Å²) in [6.07, 6.45) is 1.25. The van der Waals surface area contributed by atoms with E-state index in [0.717, 1.165) is 17.8 Å². The molecule has 0 unspecified atom stereocenters. The molecule has 3 aromatic rings. The monoisotopic (exact) mass is 373 g/mol. The number of carbonyl (C=O) groups excluding carboxylic acids is 2. The molecule has 0 fully saturated rings. The molecule has 3 rings (SSSR count). The lowest BCUT2D eigenvalue weighted by Crippen LogP contribution is -2.14. The highest BCUT2D eigenvalue weighted by Crippen LogP contribution is 2.23. The number of hydrogen-bond donors (Lipinski definition) is 3. The first-order valence-electron chi connectivity index (χ1n) is 9.28. The highest BCUT2D eigenvalue weighted by molar-refractivity contribution is 6.08. The summed E-state index contributed by atoms with van der Waals surface area (Å²) in [6.45, 7) is 1.96. The van der Waals surface area contributed by atoms with Crippen LogP contribution in [0.4, 0.5) is 22.7 Å². The molecule has 0 saturated carbocycles. The summed E-state index contributed by atoms with van der Waals surface area (Å²) in [5.74, 6) is -0.264. The second-order valence-electron chi connectivity index (χ2n) is 6.37. The molecule has 0 spiro atoms. The van der Waals surface area contributed by atoms with E-state index < -0.39 is 0 Å². The fourth-order valence-electron chi connectivity index (χ4n) is 2.79. The van der Waals surface area contributed by atoms with Crippen LogP contribution in [0.3, 0.4) is 0 Å². The molecule has 0 radical (unpaired) electrons. The van der Waals surface area contributed by atoms with E-state index in [0.29, 0.717) is 23.4 Å². The lowest BCUT2D eigenvalue weighted by molar-refractivity contribution is -0.116. The third-order valence-corrected chi connectivity index (χ3v) is 4.11. The normalized spacial score (nSPS) is 10.2. The molecular weight excluding hydrogens is 350 g/mol. The van der Waals surface area contributed by atoms with Gasteiger partial charge in [0.05, 0.1) is 11.3 Å². The van der Waals surface area contributed by atoms with Gasteiger partial charge < -0.3 is 16.0 Å². The molecule has 5 nitrogen and oxygen atoms in total. The molecule has 0 aliphatic carbocycles. The molecule has 142 valence electrons. The maximum atomic E-state index is 12.8. The van der Waals surface area contributed by atoms with Crippen molar-refractivity contribution < 1.29 is 9.59 Å². The van der Waals surface area contributed by atoms with Gasteiger partial charge in [-0.3, -0.25) is 9.59 Å². The Morgan fingerprint density at radius 3 is 2.14 bits per heavy atom. The van der Waals surface area contributed by atoms with Crippen LogP contribution in [-0.4, -0.2) is 11.8 Å². The summed E-state index contributed by atoms with van der Waals surface area (Å²) < 4.78 is 0. The van der Waals surface area contributed by atoms with E-state index in [9.17, 15) is 9.59 Å². The number of hydrogen-bond acceptors (Lipinski definition) is 3. The number of para-hydroxylation sites is 2. The number of amides is 2. The van der Waals surface area contributed by atoms with Gasteiger partial charge in [-0.1, -0.05) is 43.3 Å². The Morgan fingerprint density at radius 1 is 0.750 bits per heavy atom. The molecule has 2 amide bonds. The molecule has 28 heavy (non-hydrogen) atoms. The molecule has 3 N–H and O–H groups in total. The smallest absolute Gasteiger partial charge is 0.257 e. The lowest BCUT2D eigenvalue weighted by Gasteiger charge is -2.13. The van der Waals surface area contributed by atoms with Gasteiger partial charge in [0.15, 0.2) is 0 Å². The summed E-state index contributed by atoms with van der Waals surface area (Å²) in [5, 5.41) is 9.01. The van der Waals surface area contributed by atoms with E-state index in [1.165, 1.54) is 0 Å². The van der Waals surface area contributed by atoms with Crippen molar-refractivity contribution in [1.29, 1.82) is 0 Å². The Labute approximate surface area is 164 Å². The third-order valence-electron chi connectivity index (χ3n) is 4.11. The zero-order valence-electron chi connectivity index (χ0n) is 15.7. The highest BCUT2D eigenvalue weighted by Gasteiger charge is 2.12. The van der Waals surface area contributed by atoms with Crippen LogP contribution < -0.4 is 16.0 Å². The fourth-order valence-corrected chi connectivity index (χ4v) is 2.79. The maximum Gasteiger partial charge on any atom is 0.257 e. The van der Waals surface area contributed by atoms with Gasteiger partial charge in [-0.05, 0) is 48.9 Å². The summed E-state index contributed by atoms with van der Waals surface area (Å²) in [6, 6.07) is 24.2. The van der Waals surface area contributed by atoms with Gasteiger partial charge in [0.25, 0.3) is 5.91 Å². The molecular formula is C23H23N3O2. The number of nitrogens with one attached hydrogen (secondary N) is 3. The molecule has 5 heteroatoms. The van der Waals surface area contributed by atoms with Crippen molar-refractivity contribution in [2.45, 2.75) is 19.8 Å². The van der Waals surface area contributed by atoms with Crippen LogP contribution >= 0.6 is 0 Å². The van der Waals surface area contributed by atoms with Crippen LogP contribution in [0.5, 0.6) is 0 Å². The number of anilines is 4. The molecule has 3 aromatic carbocycles. The molecule has 0 saturated heterocycles. The van der Waals surface area contributed by atoms with E-state index in [1.54, 1.807) is 30.3 Å². The molecule has 0 heterocycles. The molecule has 0 aliphatic rings. The van der Waals surface area contributed by atoms with E-state index in [4.69, 9.17) is 0 Å². The van der Waals surface area contributed by atoms with Crippen LogP contribution in [0.25, 0.3) is 0 Å². The number of carbonyl (C=O) groups is 2. The van der Waals surface area contributed by atoms with Crippen LogP contribution in [-0.2, 0) is 4.79 Å². The minimum absolute atomic E-state index is 0.0385. The van der Waals surface area contributed by atoms with Crippen molar-refractivity contribution in [2.75, 3.05) is 16.0 Å². The summed E-state index contributed by atoms with van der Waals surface area (Å²) in [7, 11) is 0. The third kappa shape index (κ3) is 5.20. The maximum absolute atomic E-state index is 12.8. The van der Waals surface area contributed by atoms with E-state index in [2.05, 4.69) is 16.0 Å². The second-order valence-corrected chi connectivity index (χ2v) is 6.37. The van der Waals surface area contributed by atoms with E-state index in [1.807, 2.05) is 55.5 Å². The Kier molecular flexibility index (Phi) is 6.41. The fraction of sp³-hybridized carbons (Fsp3) is 0.130. The topological polar surface area (TPSA) is 70.2 Å². The van der Waals surface area contributed by atoms with Gasteiger partial charge in [0.2, 0.25) is 5.91 Å². The van der Waals surface area contributed by atoms with Crippen molar-refractivity contribution >= 4 is 34.6 Å². The quantitative estimate of drug-likeness (QED) is 0.518. The molecule has 0 aromatic heterocycles. The Hall–Kier alpha value is -3.60. The van der Waals surface area contributed by atoms with Crippen molar-refractivity contribution in [2.24, 2.45) is 0 Å². The van der Waals surface area contributed by atoms with Crippen molar-refractivity contribution in [3.8, 4) is 0 Å². The van der Waals surface area contributed by atoms with E-state index >= 15 is 0 Å². The SMILES string of the molecule is CCCC(=O)Nc1cccc(NC(=O)c2ccccc2Nc2ccccc2)c1. The first-order chi connectivity index (χ1) is 13.7. The molecule has 0 aliphatic heterocycles. The lowest BCUT2D eigenvalue weighted by atomic mass is 10.1. The number of rotatable bonds is 7. The van der Waals surface area contributed by atoms with Crippen LogP contribution in [0.15, 0.2) is 78.9 Å².